The van der Waals surface area contributed by atoms with Gasteiger partial charge in [0.25, 0.3) is 0 Å². The number of aromatic nitrogens is 2. The van der Waals surface area contributed by atoms with E-state index in [2.05, 4.69) is 9.97 Å². The van der Waals surface area contributed by atoms with Crippen LogP contribution in [0.4, 0.5) is 5.69 Å². The average Bonchev–Trinajstić information content (AvgIpc) is 2.39. The molecule has 0 amide bonds. The second-order valence-electron chi connectivity index (χ2n) is 3.39. The lowest BCUT2D eigenvalue weighted by atomic mass is 10.2. The molecule has 19 heavy (non-hydrogen) atoms. The van der Waals surface area contributed by atoms with Gasteiger partial charge in [0.15, 0.2) is 0 Å². The van der Waals surface area contributed by atoms with Gasteiger partial charge in [0.1, 0.15) is 6.33 Å². The highest BCUT2D eigenvalue weighted by atomic mass is 16.6. The normalized spacial score (nSPS) is 9.89. The molecule has 2 aromatic rings. The summed E-state index contributed by atoms with van der Waals surface area (Å²) in [5.41, 5.74) is -0.460. The minimum Gasteiger partial charge on any atom is -0.478 e. The first-order valence-electron chi connectivity index (χ1n) is 5.03. The summed E-state index contributed by atoms with van der Waals surface area (Å²) in [6, 6.07) is 4.67. The Labute approximate surface area is 106 Å². The van der Waals surface area contributed by atoms with Crippen molar-refractivity contribution in [1.29, 1.82) is 0 Å². The fraction of sp³-hybridized carbons (Fsp3) is 0. The lowest BCUT2D eigenvalue weighted by Gasteiger charge is -2.05. The Bertz CT molecular complexity index is 629. The molecule has 8 heteroatoms. The minimum absolute atomic E-state index is 0.0839. The largest absolute Gasteiger partial charge is 0.478 e. The van der Waals surface area contributed by atoms with Crippen LogP contribution in [-0.4, -0.2) is 26.0 Å². The molecule has 0 bridgehead atoms. The lowest BCUT2D eigenvalue weighted by Crippen LogP contribution is -2.00. The Morgan fingerprint density at radius 1 is 1.37 bits per heavy atom. The van der Waals surface area contributed by atoms with Gasteiger partial charge >= 0.3 is 11.7 Å². The van der Waals surface area contributed by atoms with Crippen molar-refractivity contribution < 1.29 is 19.6 Å². The van der Waals surface area contributed by atoms with Gasteiger partial charge in [0, 0.05) is 24.4 Å². The van der Waals surface area contributed by atoms with Crippen molar-refractivity contribution in [3.05, 3.63) is 52.5 Å². The quantitative estimate of drug-likeness (QED) is 0.659. The zero-order valence-corrected chi connectivity index (χ0v) is 9.39. The van der Waals surface area contributed by atoms with E-state index in [4.69, 9.17) is 9.84 Å². The third-order valence-corrected chi connectivity index (χ3v) is 2.17. The molecule has 0 spiro atoms. The molecular formula is C11H7N3O5. The van der Waals surface area contributed by atoms with Crippen LogP contribution in [0.2, 0.25) is 0 Å². The molecule has 1 aromatic heterocycles. The van der Waals surface area contributed by atoms with Gasteiger partial charge in [0.05, 0.1) is 10.5 Å². The summed E-state index contributed by atoms with van der Waals surface area (Å²) in [6.45, 7) is 0. The van der Waals surface area contributed by atoms with E-state index in [9.17, 15) is 14.9 Å². The van der Waals surface area contributed by atoms with Gasteiger partial charge in [-0.25, -0.2) is 14.8 Å². The van der Waals surface area contributed by atoms with Crippen molar-refractivity contribution in [2.75, 3.05) is 0 Å². The summed E-state index contributed by atoms with van der Waals surface area (Å²) in [7, 11) is 0. The number of benzene rings is 1. The number of carboxylic acids is 1. The van der Waals surface area contributed by atoms with Crippen LogP contribution >= 0.6 is 0 Å². The Hall–Kier alpha value is -3.03. The van der Waals surface area contributed by atoms with E-state index < -0.39 is 10.9 Å². The summed E-state index contributed by atoms with van der Waals surface area (Å²) in [6.07, 6.45) is 2.61. The fourth-order valence-electron chi connectivity index (χ4n) is 1.33. The summed E-state index contributed by atoms with van der Waals surface area (Å²) in [4.78, 5) is 28.4. The smallest absolute Gasteiger partial charge is 0.335 e. The van der Waals surface area contributed by atoms with Gasteiger partial charge in [-0.3, -0.25) is 10.1 Å². The number of hydrogen-bond acceptors (Lipinski definition) is 6. The van der Waals surface area contributed by atoms with Crippen molar-refractivity contribution in [3.8, 4) is 11.6 Å². The van der Waals surface area contributed by atoms with Gasteiger partial charge in [-0.15, -0.1) is 0 Å². The maximum atomic E-state index is 10.8. The van der Waals surface area contributed by atoms with Gasteiger partial charge < -0.3 is 9.84 Å². The van der Waals surface area contributed by atoms with Crippen LogP contribution in [0.25, 0.3) is 0 Å². The first-order valence-corrected chi connectivity index (χ1v) is 5.03. The summed E-state index contributed by atoms with van der Waals surface area (Å²) in [5.74, 6) is -1.31. The molecule has 2 rings (SSSR count). The number of nitro groups is 1. The Balaban J connectivity index is 2.43. The van der Waals surface area contributed by atoms with E-state index in [-0.39, 0.29) is 22.9 Å². The molecule has 0 unspecified atom stereocenters. The van der Waals surface area contributed by atoms with E-state index in [0.717, 1.165) is 18.2 Å². The first kappa shape index (κ1) is 12.4. The lowest BCUT2D eigenvalue weighted by molar-refractivity contribution is -0.385. The van der Waals surface area contributed by atoms with Crippen molar-refractivity contribution in [3.63, 3.8) is 0 Å². The standard InChI is InChI=1S/C11H7N3O5/c15-11(16)7-1-2-8(14(17)18)9(5-7)19-10-3-4-12-6-13-10/h1-6H,(H,15,16). The topological polar surface area (TPSA) is 115 Å². The van der Waals surface area contributed by atoms with E-state index in [1.165, 1.54) is 18.6 Å². The molecule has 1 N–H and O–H groups in total. The van der Waals surface area contributed by atoms with Crippen LogP contribution in [-0.2, 0) is 0 Å². The molecule has 0 aliphatic rings. The van der Waals surface area contributed by atoms with Crippen molar-refractivity contribution >= 4 is 11.7 Å². The van der Waals surface area contributed by atoms with Crippen molar-refractivity contribution in [2.24, 2.45) is 0 Å². The van der Waals surface area contributed by atoms with Crippen molar-refractivity contribution in [2.45, 2.75) is 0 Å². The zero-order valence-electron chi connectivity index (χ0n) is 9.39. The molecule has 0 saturated heterocycles. The number of nitrogens with zero attached hydrogens (tertiary/aromatic N) is 3. The summed E-state index contributed by atoms with van der Waals surface area (Å²) < 4.78 is 5.21. The molecule has 0 aliphatic heterocycles. The minimum atomic E-state index is -1.21. The van der Waals surface area contributed by atoms with Gasteiger partial charge in [-0.2, -0.15) is 0 Å². The molecule has 96 valence electrons. The zero-order chi connectivity index (χ0) is 13.8. The Kier molecular flexibility index (Phi) is 3.33. The highest BCUT2D eigenvalue weighted by Gasteiger charge is 2.18. The summed E-state index contributed by atoms with van der Waals surface area (Å²) in [5, 5.41) is 19.7. The first-order chi connectivity index (χ1) is 9.08. The SMILES string of the molecule is O=C(O)c1ccc([N+](=O)[O-])c(Oc2ccncn2)c1. The second-order valence-corrected chi connectivity index (χ2v) is 3.39. The van der Waals surface area contributed by atoms with Crippen LogP contribution in [0, 0.1) is 10.1 Å². The number of carbonyl (C=O) groups is 1. The van der Waals surface area contributed by atoms with Gasteiger partial charge in [-0.1, -0.05) is 0 Å². The predicted octanol–water partition coefficient (Wildman–Crippen LogP) is 1.88. The fourth-order valence-corrected chi connectivity index (χ4v) is 1.33. The summed E-state index contributed by atoms with van der Waals surface area (Å²) >= 11 is 0. The second kappa shape index (κ2) is 5.08. The molecule has 1 heterocycles. The maximum Gasteiger partial charge on any atom is 0.335 e. The molecule has 1 aromatic carbocycles. The highest BCUT2D eigenvalue weighted by Crippen LogP contribution is 2.31. The number of ether oxygens (including phenoxy) is 1. The molecule has 8 nitrogen and oxygen atoms in total. The van der Waals surface area contributed by atoms with Crippen LogP contribution in [0.5, 0.6) is 11.6 Å². The molecule has 0 saturated carbocycles. The monoisotopic (exact) mass is 261 g/mol. The maximum absolute atomic E-state index is 10.8. The highest BCUT2D eigenvalue weighted by molar-refractivity contribution is 5.88. The van der Waals surface area contributed by atoms with Gasteiger partial charge in [-0.05, 0) is 6.07 Å². The Morgan fingerprint density at radius 2 is 2.16 bits per heavy atom. The molecule has 0 radical (unpaired) electrons. The number of nitro benzene ring substituents is 1. The molecular weight excluding hydrogens is 254 g/mol. The Morgan fingerprint density at radius 3 is 2.74 bits per heavy atom. The van der Waals surface area contributed by atoms with E-state index in [1.807, 2.05) is 0 Å². The number of hydrogen-bond donors (Lipinski definition) is 1. The van der Waals surface area contributed by atoms with Crippen molar-refractivity contribution in [1.82, 2.24) is 9.97 Å². The average molecular weight is 261 g/mol. The number of rotatable bonds is 4. The third-order valence-electron chi connectivity index (χ3n) is 2.17. The van der Waals surface area contributed by atoms with E-state index in [0.29, 0.717) is 0 Å². The van der Waals surface area contributed by atoms with E-state index >= 15 is 0 Å². The van der Waals surface area contributed by atoms with Crippen LogP contribution in [0.1, 0.15) is 10.4 Å². The van der Waals surface area contributed by atoms with Crippen LogP contribution in [0.15, 0.2) is 36.8 Å². The molecule has 0 aliphatic carbocycles. The molecule has 0 fully saturated rings. The molecule has 0 atom stereocenters. The third kappa shape index (κ3) is 2.80. The van der Waals surface area contributed by atoms with Crippen LogP contribution < -0.4 is 4.74 Å². The van der Waals surface area contributed by atoms with Crippen LogP contribution in [0.3, 0.4) is 0 Å². The van der Waals surface area contributed by atoms with Gasteiger partial charge in [0.2, 0.25) is 11.6 Å². The predicted molar refractivity (Wildman–Crippen MR) is 62.2 cm³/mol. The number of aromatic carboxylic acids is 1. The number of carboxylic acid groups (broad SMARTS) is 1. The van der Waals surface area contributed by atoms with E-state index in [1.54, 1.807) is 0 Å².